The minimum atomic E-state index is -0.826. The summed E-state index contributed by atoms with van der Waals surface area (Å²) >= 11 is 0. The molecule has 0 aliphatic carbocycles. The molecule has 4 heterocycles. The van der Waals surface area contributed by atoms with Crippen molar-refractivity contribution in [3.8, 4) is 11.3 Å². The van der Waals surface area contributed by atoms with Crippen LogP contribution in [-0.4, -0.2) is 56.2 Å². The standard InChI is InChI=1S/C22H26FN5O/c1-15(23)13-28-7-5-16(6-8-28)22(29)10-19-9-21-17(11-24-19)3-4-20(26-21)18-12-25-27(2)14-18/h3-4,9,11-12,14-16H,5-8,10,13H2,1-2H3/t15-/m0/s1. The van der Waals surface area contributed by atoms with Crippen LogP contribution in [0.5, 0.6) is 0 Å². The number of rotatable bonds is 6. The lowest BCUT2D eigenvalue weighted by Crippen LogP contribution is -2.39. The molecule has 0 N–H and O–H groups in total. The number of carbonyl (C=O) groups excluding carboxylic acids is 1. The Morgan fingerprint density at radius 2 is 2.07 bits per heavy atom. The van der Waals surface area contributed by atoms with E-state index >= 15 is 0 Å². The molecule has 6 nitrogen and oxygen atoms in total. The largest absolute Gasteiger partial charge is 0.300 e. The summed E-state index contributed by atoms with van der Waals surface area (Å²) < 4.78 is 14.9. The summed E-state index contributed by atoms with van der Waals surface area (Å²) in [6, 6.07) is 5.86. The van der Waals surface area contributed by atoms with Gasteiger partial charge in [0.2, 0.25) is 0 Å². The number of pyridine rings is 2. The molecule has 1 aliphatic heterocycles. The van der Waals surface area contributed by atoms with Crippen molar-refractivity contribution in [1.82, 2.24) is 24.6 Å². The van der Waals surface area contributed by atoms with Crippen molar-refractivity contribution in [2.45, 2.75) is 32.4 Å². The zero-order chi connectivity index (χ0) is 20.4. The predicted octanol–water partition coefficient (Wildman–Crippen LogP) is 3.21. The Bertz CT molecular complexity index is 1010. The van der Waals surface area contributed by atoms with Gasteiger partial charge in [-0.05, 0) is 51.1 Å². The van der Waals surface area contributed by atoms with Gasteiger partial charge < -0.3 is 4.90 Å². The number of piperidine rings is 1. The molecule has 0 amide bonds. The van der Waals surface area contributed by atoms with E-state index in [1.807, 2.05) is 31.4 Å². The molecule has 1 atom stereocenters. The summed E-state index contributed by atoms with van der Waals surface area (Å²) in [4.78, 5) is 24.1. The summed E-state index contributed by atoms with van der Waals surface area (Å²) in [6.45, 7) is 3.60. The highest BCUT2D eigenvalue weighted by atomic mass is 19.1. The predicted molar refractivity (Wildman–Crippen MR) is 110 cm³/mol. The second kappa shape index (κ2) is 8.37. The van der Waals surface area contributed by atoms with Gasteiger partial charge in [0.05, 0.1) is 17.4 Å². The molecule has 0 spiro atoms. The third-order valence-electron chi connectivity index (χ3n) is 5.54. The van der Waals surface area contributed by atoms with E-state index in [9.17, 15) is 9.18 Å². The van der Waals surface area contributed by atoms with E-state index in [4.69, 9.17) is 4.98 Å². The lowest BCUT2D eigenvalue weighted by Gasteiger charge is -2.31. The fourth-order valence-electron chi connectivity index (χ4n) is 3.99. The Morgan fingerprint density at radius 3 is 2.76 bits per heavy atom. The van der Waals surface area contributed by atoms with Crippen LogP contribution in [0.1, 0.15) is 25.5 Å². The second-order valence-corrected chi connectivity index (χ2v) is 7.97. The maximum atomic E-state index is 13.2. The summed E-state index contributed by atoms with van der Waals surface area (Å²) in [5.74, 6) is 0.251. The number of aromatic nitrogens is 4. The normalized spacial score (nSPS) is 16.9. The highest BCUT2D eigenvalue weighted by Crippen LogP contribution is 2.23. The number of hydrogen-bond acceptors (Lipinski definition) is 5. The van der Waals surface area contributed by atoms with Gasteiger partial charge in [-0.2, -0.15) is 5.10 Å². The highest BCUT2D eigenvalue weighted by molar-refractivity contribution is 5.85. The number of halogens is 1. The molecule has 4 rings (SSSR count). The number of ketones is 1. The fourth-order valence-corrected chi connectivity index (χ4v) is 3.99. The minimum absolute atomic E-state index is 0.0355. The monoisotopic (exact) mass is 395 g/mol. The maximum absolute atomic E-state index is 13.2. The van der Waals surface area contributed by atoms with Gasteiger partial charge in [0.1, 0.15) is 12.0 Å². The molecule has 0 unspecified atom stereocenters. The second-order valence-electron chi connectivity index (χ2n) is 7.97. The van der Waals surface area contributed by atoms with Crippen LogP contribution in [0.2, 0.25) is 0 Å². The van der Waals surface area contributed by atoms with E-state index in [0.29, 0.717) is 13.0 Å². The average Bonchev–Trinajstić information content (AvgIpc) is 3.14. The Balaban J connectivity index is 1.44. The van der Waals surface area contributed by atoms with E-state index in [1.165, 1.54) is 0 Å². The van der Waals surface area contributed by atoms with Crippen molar-refractivity contribution in [2.75, 3.05) is 19.6 Å². The van der Waals surface area contributed by atoms with Crippen molar-refractivity contribution < 1.29 is 9.18 Å². The van der Waals surface area contributed by atoms with Crippen LogP contribution in [0.4, 0.5) is 4.39 Å². The van der Waals surface area contributed by atoms with E-state index in [-0.39, 0.29) is 11.7 Å². The Kier molecular flexibility index (Phi) is 5.67. The zero-order valence-corrected chi connectivity index (χ0v) is 16.9. The zero-order valence-electron chi connectivity index (χ0n) is 16.9. The Labute approximate surface area is 169 Å². The molecule has 0 saturated carbocycles. The number of fused-ring (bicyclic) bond motifs is 1. The first-order chi connectivity index (χ1) is 14.0. The van der Waals surface area contributed by atoms with Gasteiger partial charge in [-0.1, -0.05) is 0 Å². The molecular formula is C22H26FN5O. The molecule has 29 heavy (non-hydrogen) atoms. The van der Waals surface area contributed by atoms with Crippen molar-refractivity contribution in [3.05, 3.63) is 42.5 Å². The number of alkyl halides is 1. The fraction of sp³-hybridized carbons (Fsp3) is 0.455. The van der Waals surface area contributed by atoms with Crippen LogP contribution >= 0.6 is 0 Å². The van der Waals surface area contributed by atoms with Gasteiger partial charge in [0.25, 0.3) is 0 Å². The first-order valence-electron chi connectivity index (χ1n) is 10.1. The Hall–Kier alpha value is -2.67. The van der Waals surface area contributed by atoms with Gasteiger partial charge in [-0.25, -0.2) is 9.37 Å². The van der Waals surface area contributed by atoms with Crippen LogP contribution in [-0.2, 0) is 18.3 Å². The summed E-state index contributed by atoms with van der Waals surface area (Å²) in [5, 5.41) is 5.14. The number of likely N-dealkylation sites (tertiary alicyclic amines) is 1. The first-order valence-corrected chi connectivity index (χ1v) is 10.1. The average molecular weight is 395 g/mol. The molecular weight excluding hydrogens is 369 g/mol. The van der Waals surface area contributed by atoms with E-state index < -0.39 is 6.17 Å². The highest BCUT2D eigenvalue weighted by Gasteiger charge is 2.25. The van der Waals surface area contributed by atoms with Gasteiger partial charge in [0, 0.05) is 55.0 Å². The molecule has 3 aromatic heterocycles. The molecule has 0 radical (unpaired) electrons. The third kappa shape index (κ3) is 4.67. The number of carbonyl (C=O) groups is 1. The van der Waals surface area contributed by atoms with Crippen LogP contribution in [0, 0.1) is 5.92 Å². The Morgan fingerprint density at radius 1 is 1.28 bits per heavy atom. The molecule has 3 aromatic rings. The van der Waals surface area contributed by atoms with Gasteiger partial charge >= 0.3 is 0 Å². The summed E-state index contributed by atoms with van der Waals surface area (Å²) in [5.41, 5.74) is 3.38. The SMILES string of the molecule is C[C@H](F)CN1CCC(C(=O)Cc2cc3nc(-c4cnn(C)c4)ccc3cn2)CC1. The van der Waals surface area contributed by atoms with Crippen LogP contribution < -0.4 is 0 Å². The lowest BCUT2D eigenvalue weighted by molar-refractivity contribution is -0.123. The molecule has 0 aromatic carbocycles. The van der Waals surface area contributed by atoms with E-state index in [1.54, 1.807) is 24.0 Å². The van der Waals surface area contributed by atoms with Crippen molar-refractivity contribution in [3.63, 3.8) is 0 Å². The van der Waals surface area contributed by atoms with Crippen LogP contribution in [0.3, 0.4) is 0 Å². The molecule has 1 aliphatic rings. The number of hydrogen-bond donors (Lipinski definition) is 0. The number of Topliss-reactive ketones (excluding diaryl/α,β-unsaturated/α-hetero) is 1. The maximum Gasteiger partial charge on any atom is 0.142 e. The summed E-state index contributed by atoms with van der Waals surface area (Å²) in [6.07, 6.45) is 6.58. The van der Waals surface area contributed by atoms with Gasteiger partial charge in [-0.3, -0.25) is 14.5 Å². The van der Waals surface area contributed by atoms with Crippen molar-refractivity contribution in [1.29, 1.82) is 0 Å². The summed E-state index contributed by atoms with van der Waals surface area (Å²) in [7, 11) is 1.88. The van der Waals surface area contributed by atoms with Gasteiger partial charge in [-0.15, -0.1) is 0 Å². The van der Waals surface area contributed by atoms with Crippen molar-refractivity contribution in [2.24, 2.45) is 13.0 Å². The van der Waals surface area contributed by atoms with Crippen LogP contribution in [0.15, 0.2) is 36.8 Å². The molecule has 7 heteroatoms. The number of nitrogens with zero attached hydrogens (tertiary/aromatic N) is 5. The third-order valence-corrected chi connectivity index (χ3v) is 5.54. The molecule has 1 fully saturated rings. The molecule has 0 bridgehead atoms. The van der Waals surface area contributed by atoms with Gasteiger partial charge in [0.15, 0.2) is 0 Å². The minimum Gasteiger partial charge on any atom is -0.300 e. The van der Waals surface area contributed by atoms with Crippen LogP contribution in [0.25, 0.3) is 22.2 Å². The topological polar surface area (TPSA) is 63.9 Å². The molecule has 152 valence electrons. The smallest absolute Gasteiger partial charge is 0.142 e. The lowest BCUT2D eigenvalue weighted by atomic mass is 9.90. The first kappa shape index (κ1) is 19.6. The number of aryl methyl sites for hydroxylation is 1. The molecule has 1 saturated heterocycles. The van der Waals surface area contributed by atoms with E-state index in [0.717, 1.165) is 53.8 Å². The quantitative estimate of drug-likeness (QED) is 0.641. The van der Waals surface area contributed by atoms with E-state index in [2.05, 4.69) is 15.0 Å². The van der Waals surface area contributed by atoms with Crippen molar-refractivity contribution >= 4 is 16.7 Å².